The summed E-state index contributed by atoms with van der Waals surface area (Å²) in [6.45, 7) is 4.22. The highest BCUT2D eigenvalue weighted by Gasteiger charge is 2.22. The van der Waals surface area contributed by atoms with Crippen LogP contribution in [0.5, 0.6) is 0 Å². The van der Waals surface area contributed by atoms with E-state index in [1.165, 1.54) is 0 Å². The molecule has 0 radical (unpaired) electrons. The molecule has 24 heavy (non-hydrogen) atoms. The van der Waals surface area contributed by atoms with Crippen LogP contribution in [0.25, 0.3) is 0 Å². The zero-order valence-corrected chi connectivity index (χ0v) is 14.3. The predicted molar refractivity (Wildman–Crippen MR) is 98.1 cm³/mol. The summed E-state index contributed by atoms with van der Waals surface area (Å²) in [5.41, 5.74) is 0.996. The number of anilines is 1. The van der Waals surface area contributed by atoms with Crippen molar-refractivity contribution in [2.24, 2.45) is 0 Å². The van der Waals surface area contributed by atoms with E-state index in [1.807, 2.05) is 48.7 Å². The van der Waals surface area contributed by atoms with Crippen LogP contribution in [0.15, 0.2) is 54.7 Å². The number of aliphatic hydroxyl groups excluding tert-OH is 1. The van der Waals surface area contributed by atoms with Gasteiger partial charge < -0.3 is 15.3 Å². The molecule has 3 rings (SSSR count). The number of pyridine rings is 1. The molecule has 0 saturated carbocycles. The van der Waals surface area contributed by atoms with Gasteiger partial charge in [0, 0.05) is 31.4 Å². The number of aliphatic hydroxyl groups is 1. The van der Waals surface area contributed by atoms with Crippen molar-refractivity contribution in [1.82, 2.24) is 10.3 Å². The van der Waals surface area contributed by atoms with Crippen LogP contribution in [-0.2, 0) is 0 Å². The normalized spacial score (nSPS) is 18.3. The molecule has 1 aliphatic heterocycles. The number of aromatic nitrogens is 1. The predicted octanol–water partition coefficient (Wildman–Crippen LogP) is 3.15. The zero-order valence-electron chi connectivity index (χ0n) is 14.3. The Morgan fingerprint density at radius 1 is 1.12 bits per heavy atom. The van der Waals surface area contributed by atoms with E-state index >= 15 is 0 Å². The lowest BCUT2D eigenvalue weighted by Crippen LogP contribution is -2.46. The van der Waals surface area contributed by atoms with Crippen LogP contribution in [0.2, 0.25) is 0 Å². The second-order valence-electron chi connectivity index (χ2n) is 6.68. The first kappa shape index (κ1) is 16.9. The summed E-state index contributed by atoms with van der Waals surface area (Å²) in [6, 6.07) is 16.8. The van der Waals surface area contributed by atoms with Crippen molar-refractivity contribution in [2.75, 3.05) is 18.0 Å². The summed E-state index contributed by atoms with van der Waals surface area (Å²) >= 11 is 0. The van der Waals surface area contributed by atoms with Crippen LogP contribution in [0, 0.1) is 0 Å². The summed E-state index contributed by atoms with van der Waals surface area (Å²) in [5, 5.41) is 14.0. The van der Waals surface area contributed by atoms with Crippen molar-refractivity contribution >= 4 is 5.82 Å². The summed E-state index contributed by atoms with van der Waals surface area (Å²) < 4.78 is 0. The molecular formula is C20H27N3O. The van der Waals surface area contributed by atoms with Gasteiger partial charge in [-0.2, -0.15) is 0 Å². The monoisotopic (exact) mass is 325 g/mol. The number of piperidine rings is 1. The van der Waals surface area contributed by atoms with E-state index in [2.05, 4.69) is 28.2 Å². The molecular weight excluding hydrogens is 298 g/mol. The van der Waals surface area contributed by atoms with Crippen LogP contribution >= 0.6 is 0 Å². The first-order chi connectivity index (χ1) is 11.7. The lowest BCUT2D eigenvalue weighted by Gasteiger charge is -2.35. The Morgan fingerprint density at radius 2 is 1.83 bits per heavy atom. The molecule has 1 saturated heterocycles. The molecule has 2 N–H and O–H groups in total. The number of nitrogens with one attached hydrogen (secondary N) is 1. The molecule has 0 aliphatic carbocycles. The van der Waals surface area contributed by atoms with Gasteiger partial charge >= 0.3 is 0 Å². The van der Waals surface area contributed by atoms with Crippen molar-refractivity contribution in [3.8, 4) is 0 Å². The highest BCUT2D eigenvalue weighted by molar-refractivity contribution is 5.38. The van der Waals surface area contributed by atoms with E-state index in [9.17, 15) is 5.11 Å². The van der Waals surface area contributed by atoms with Crippen molar-refractivity contribution in [1.29, 1.82) is 0 Å². The van der Waals surface area contributed by atoms with E-state index < -0.39 is 6.10 Å². The van der Waals surface area contributed by atoms with Crippen LogP contribution in [-0.4, -0.2) is 35.3 Å². The van der Waals surface area contributed by atoms with Crippen molar-refractivity contribution in [3.63, 3.8) is 0 Å². The first-order valence-electron chi connectivity index (χ1n) is 8.87. The number of nitrogens with zero attached hydrogens (tertiary/aromatic N) is 2. The van der Waals surface area contributed by atoms with E-state index in [4.69, 9.17) is 0 Å². The minimum atomic E-state index is -0.401. The van der Waals surface area contributed by atoms with Crippen molar-refractivity contribution < 1.29 is 5.11 Å². The van der Waals surface area contributed by atoms with Gasteiger partial charge in [0.2, 0.25) is 0 Å². The Labute approximate surface area is 144 Å². The van der Waals surface area contributed by atoms with Gasteiger partial charge in [0.25, 0.3) is 0 Å². The molecule has 2 aromatic rings. The highest BCUT2D eigenvalue weighted by Crippen LogP contribution is 2.20. The van der Waals surface area contributed by atoms with Gasteiger partial charge in [-0.15, -0.1) is 0 Å². The maximum absolute atomic E-state index is 10.4. The molecule has 0 spiro atoms. The zero-order chi connectivity index (χ0) is 16.8. The molecule has 2 unspecified atom stereocenters. The van der Waals surface area contributed by atoms with E-state index in [0.29, 0.717) is 12.1 Å². The van der Waals surface area contributed by atoms with Crippen LogP contribution < -0.4 is 10.2 Å². The molecule has 1 aliphatic rings. The van der Waals surface area contributed by atoms with Crippen LogP contribution in [0.3, 0.4) is 0 Å². The molecule has 2 heterocycles. The largest absolute Gasteiger partial charge is 0.388 e. The quantitative estimate of drug-likeness (QED) is 0.856. The third-order valence-electron chi connectivity index (χ3n) is 4.75. The Kier molecular flexibility index (Phi) is 5.83. The maximum atomic E-state index is 10.4. The van der Waals surface area contributed by atoms with Gasteiger partial charge in [-0.1, -0.05) is 36.4 Å². The van der Waals surface area contributed by atoms with E-state index in [0.717, 1.165) is 43.7 Å². The fraction of sp³-hybridized carbons (Fsp3) is 0.450. The van der Waals surface area contributed by atoms with E-state index in [-0.39, 0.29) is 0 Å². The molecule has 4 heteroatoms. The summed E-state index contributed by atoms with van der Waals surface area (Å²) in [6.07, 6.45) is 4.42. The third-order valence-corrected chi connectivity index (χ3v) is 4.75. The van der Waals surface area contributed by atoms with Crippen LogP contribution in [0.1, 0.15) is 37.9 Å². The standard InChI is InChI=1S/C20H27N3O/c1-16(15-19(24)17-7-3-2-4-8-17)22-18-10-13-23(14-11-18)20-9-5-6-12-21-20/h2-9,12,16,18-19,22,24H,10-11,13-15H2,1H3. The third kappa shape index (κ3) is 4.56. The van der Waals surface area contributed by atoms with Gasteiger partial charge in [0.15, 0.2) is 0 Å². The second-order valence-corrected chi connectivity index (χ2v) is 6.68. The Bertz CT molecular complexity index is 597. The number of benzene rings is 1. The second kappa shape index (κ2) is 8.27. The summed E-state index contributed by atoms with van der Waals surface area (Å²) in [7, 11) is 0. The van der Waals surface area contributed by atoms with Crippen molar-refractivity contribution in [2.45, 2.75) is 44.4 Å². The smallest absolute Gasteiger partial charge is 0.128 e. The van der Waals surface area contributed by atoms with Crippen molar-refractivity contribution in [3.05, 3.63) is 60.3 Å². The first-order valence-corrected chi connectivity index (χ1v) is 8.87. The minimum Gasteiger partial charge on any atom is -0.388 e. The highest BCUT2D eigenvalue weighted by atomic mass is 16.3. The lowest BCUT2D eigenvalue weighted by atomic mass is 10.00. The van der Waals surface area contributed by atoms with E-state index in [1.54, 1.807) is 0 Å². The molecule has 1 aromatic carbocycles. The fourth-order valence-corrected chi connectivity index (χ4v) is 3.43. The Balaban J connectivity index is 1.44. The minimum absolute atomic E-state index is 0.298. The molecule has 1 aromatic heterocycles. The summed E-state index contributed by atoms with van der Waals surface area (Å²) in [4.78, 5) is 6.78. The molecule has 0 amide bonds. The molecule has 0 bridgehead atoms. The Morgan fingerprint density at radius 3 is 2.50 bits per heavy atom. The van der Waals surface area contributed by atoms with Gasteiger partial charge in [0.1, 0.15) is 5.82 Å². The molecule has 2 atom stereocenters. The lowest BCUT2D eigenvalue weighted by molar-refractivity contribution is 0.150. The Hall–Kier alpha value is -1.91. The average molecular weight is 325 g/mol. The van der Waals surface area contributed by atoms with Gasteiger partial charge in [-0.25, -0.2) is 4.98 Å². The average Bonchev–Trinajstić information content (AvgIpc) is 2.64. The molecule has 4 nitrogen and oxygen atoms in total. The SMILES string of the molecule is CC(CC(O)c1ccccc1)NC1CCN(c2ccccn2)CC1. The number of hydrogen-bond acceptors (Lipinski definition) is 4. The molecule has 128 valence electrons. The number of rotatable bonds is 6. The summed E-state index contributed by atoms with van der Waals surface area (Å²) in [5.74, 6) is 1.07. The van der Waals surface area contributed by atoms with Crippen LogP contribution in [0.4, 0.5) is 5.82 Å². The molecule has 1 fully saturated rings. The maximum Gasteiger partial charge on any atom is 0.128 e. The van der Waals surface area contributed by atoms with Gasteiger partial charge in [0.05, 0.1) is 6.10 Å². The van der Waals surface area contributed by atoms with Gasteiger partial charge in [-0.3, -0.25) is 0 Å². The number of hydrogen-bond donors (Lipinski definition) is 2. The topological polar surface area (TPSA) is 48.4 Å². The fourth-order valence-electron chi connectivity index (χ4n) is 3.43. The van der Waals surface area contributed by atoms with Gasteiger partial charge in [-0.05, 0) is 43.9 Å².